The lowest BCUT2D eigenvalue weighted by atomic mass is 9.87. The zero-order chi connectivity index (χ0) is 27.7. The maximum atomic E-state index is 13.6. The van der Waals surface area contributed by atoms with Crippen molar-refractivity contribution in [2.75, 3.05) is 7.11 Å². The summed E-state index contributed by atoms with van der Waals surface area (Å²) in [7, 11) is 1.63. The summed E-state index contributed by atoms with van der Waals surface area (Å²) in [5, 5.41) is 9.36. The van der Waals surface area contributed by atoms with E-state index in [2.05, 4.69) is 59.0 Å². The number of carbonyl (C=O) groups excluding carboxylic acids is 1. The number of nitrogens with zero attached hydrogens (tertiary/aromatic N) is 3. The topological polar surface area (TPSA) is 82.6 Å². The molecule has 1 atom stereocenters. The molecule has 0 saturated carbocycles. The van der Waals surface area contributed by atoms with E-state index < -0.39 is 0 Å². The van der Waals surface area contributed by atoms with Crippen LogP contribution in [-0.2, 0) is 11.8 Å². The number of methoxy groups -OCH3 is 1. The molecule has 1 unspecified atom stereocenters. The van der Waals surface area contributed by atoms with Crippen LogP contribution >= 0.6 is 22.6 Å². The van der Waals surface area contributed by atoms with E-state index in [4.69, 9.17) is 9.73 Å². The van der Waals surface area contributed by atoms with Gasteiger partial charge in [0.05, 0.1) is 12.8 Å². The number of aliphatic imine (C=N–C) groups is 1. The van der Waals surface area contributed by atoms with Gasteiger partial charge in [0.2, 0.25) is 0 Å². The average molecular weight is 637 g/mol. The van der Waals surface area contributed by atoms with Crippen LogP contribution in [0.1, 0.15) is 52.0 Å². The van der Waals surface area contributed by atoms with Crippen LogP contribution in [0.2, 0.25) is 0 Å². The molecule has 0 radical (unpaired) electrons. The second kappa shape index (κ2) is 10.8. The summed E-state index contributed by atoms with van der Waals surface area (Å²) in [5.41, 5.74) is 8.52. The van der Waals surface area contributed by atoms with Crippen molar-refractivity contribution in [1.29, 1.82) is 0 Å². The minimum absolute atomic E-state index is 0.00893. The predicted molar refractivity (Wildman–Crippen MR) is 159 cm³/mol. The van der Waals surface area contributed by atoms with E-state index in [1.165, 1.54) is 12.1 Å². The van der Waals surface area contributed by atoms with Crippen molar-refractivity contribution in [3.05, 3.63) is 101 Å². The van der Waals surface area contributed by atoms with E-state index >= 15 is 0 Å². The van der Waals surface area contributed by atoms with Crippen molar-refractivity contribution < 1.29 is 13.9 Å². The third-order valence-corrected chi connectivity index (χ3v) is 7.78. The zero-order valence-corrected chi connectivity index (χ0v) is 24.3. The number of benzene rings is 3. The average Bonchev–Trinajstić information content (AvgIpc) is 3.35. The summed E-state index contributed by atoms with van der Waals surface area (Å²) in [5.74, 6) is 0.818. The number of alkyl halides is 1. The summed E-state index contributed by atoms with van der Waals surface area (Å²) in [6, 6.07) is 21.6. The molecule has 1 aliphatic rings. The van der Waals surface area contributed by atoms with Crippen LogP contribution in [-0.4, -0.2) is 34.1 Å². The highest BCUT2D eigenvalue weighted by Gasteiger charge is 2.34. The van der Waals surface area contributed by atoms with Crippen LogP contribution in [0.25, 0.3) is 11.3 Å². The maximum absolute atomic E-state index is 13.6. The number of amidine groups is 1. The Morgan fingerprint density at radius 3 is 2.49 bits per heavy atom. The molecular weight excluding hydrogens is 608 g/mol. The molecule has 0 bridgehead atoms. The van der Waals surface area contributed by atoms with E-state index in [0.29, 0.717) is 29.2 Å². The number of ether oxygens (including phenoxy) is 1. The Balaban J connectivity index is 1.51. The van der Waals surface area contributed by atoms with Gasteiger partial charge in [-0.25, -0.2) is 9.38 Å². The fourth-order valence-electron chi connectivity index (χ4n) is 4.39. The number of hydrogen-bond donors (Lipinski definition) is 2. The number of aromatic nitrogens is 2. The summed E-state index contributed by atoms with van der Waals surface area (Å²) in [6.45, 7) is 6.42. The monoisotopic (exact) mass is 637 g/mol. The number of hydrogen-bond acceptors (Lipinski definition) is 5. The Labute approximate surface area is 240 Å². The SMILES string of the molecule is COc1cccc(CC2=Nc3c(-c4ccc(F)cc4)n[nH]c3C(I)N2NC(=O)c2ccc(C(C)(C)C)cc2)c1. The van der Waals surface area contributed by atoms with Gasteiger partial charge in [0.1, 0.15) is 32.8 Å². The lowest BCUT2D eigenvalue weighted by Crippen LogP contribution is -2.48. The molecule has 9 heteroatoms. The fraction of sp³-hybridized carbons (Fsp3) is 0.233. The normalized spacial score (nSPS) is 15.0. The number of halogens is 2. The van der Waals surface area contributed by atoms with Crippen molar-refractivity contribution in [1.82, 2.24) is 20.6 Å². The van der Waals surface area contributed by atoms with Gasteiger partial charge in [-0.3, -0.25) is 20.3 Å². The first kappa shape index (κ1) is 26.9. The Morgan fingerprint density at radius 2 is 1.82 bits per heavy atom. The van der Waals surface area contributed by atoms with Gasteiger partial charge in [0.15, 0.2) is 0 Å². The van der Waals surface area contributed by atoms with Crippen molar-refractivity contribution in [2.24, 2.45) is 4.99 Å². The Kier molecular flexibility index (Phi) is 7.44. The number of hydrazine groups is 1. The van der Waals surface area contributed by atoms with Gasteiger partial charge in [-0.05, 0) is 87.7 Å². The summed E-state index contributed by atoms with van der Waals surface area (Å²) >= 11 is 2.26. The van der Waals surface area contributed by atoms with Gasteiger partial charge >= 0.3 is 0 Å². The number of nitrogens with one attached hydrogen (secondary N) is 2. The third kappa shape index (κ3) is 5.68. The number of amides is 1. The second-order valence-electron chi connectivity index (χ2n) is 10.4. The molecule has 5 rings (SSSR count). The van der Waals surface area contributed by atoms with Crippen LogP contribution in [0.4, 0.5) is 10.1 Å². The van der Waals surface area contributed by atoms with E-state index in [9.17, 15) is 9.18 Å². The van der Waals surface area contributed by atoms with Crippen molar-refractivity contribution in [3.8, 4) is 17.0 Å². The first-order valence-corrected chi connectivity index (χ1v) is 13.8. The zero-order valence-electron chi connectivity index (χ0n) is 22.1. The van der Waals surface area contributed by atoms with Crippen LogP contribution in [0.15, 0.2) is 77.8 Å². The molecule has 3 aromatic carbocycles. The van der Waals surface area contributed by atoms with E-state index in [1.54, 1.807) is 24.3 Å². The number of rotatable bonds is 6. The number of aromatic amines is 1. The smallest absolute Gasteiger partial charge is 0.269 e. The molecule has 1 aromatic heterocycles. The molecule has 2 heterocycles. The quantitative estimate of drug-likeness (QED) is 0.137. The number of fused-ring (bicyclic) bond motifs is 1. The van der Waals surface area contributed by atoms with E-state index in [1.807, 2.05) is 48.5 Å². The van der Waals surface area contributed by atoms with Crippen molar-refractivity contribution in [3.63, 3.8) is 0 Å². The lowest BCUT2D eigenvalue weighted by molar-refractivity contribution is 0.0862. The first-order valence-electron chi connectivity index (χ1n) is 12.5. The maximum Gasteiger partial charge on any atom is 0.269 e. The minimum Gasteiger partial charge on any atom is -0.497 e. The molecule has 1 amide bonds. The van der Waals surface area contributed by atoms with Gasteiger partial charge in [-0.1, -0.05) is 45.0 Å². The van der Waals surface area contributed by atoms with Crippen LogP contribution in [0.5, 0.6) is 5.75 Å². The molecule has 4 aromatic rings. The predicted octanol–water partition coefficient (Wildman–Crippen LogP) is 6.89. The van der Waals surface area contributed by atoms with Gasteiger partial charge in [-0.15, -0.1) is 0 Å². The Morgan fingerprint density at radius 1 is 1.10 bits per heavy atom. The highest BCUT2D eigenvalue weighted by atomic mass is 127. The molecular formula is C30H29FIN5O2. The van der Waals surface area contributed by atoms with Crippen LogP contribution < -0.4 is 10.2 Å². The molecule has 1 aliphatic heterocycles. The van der Waals surface area contributed by atoms with Crippen molar-refractivity contribution in [2.45, 2.75) is 36.7 Å². The molecule has 2 N–H and O–H groups in total. The molecule has 0 saturated heterocycles. The molecule has 0 fully saturated rings. The molecule has 0 aliphatic carbocycles. The van der Waals surface area contributed by atoms with E-state index in [-0.39, 0.29) is 21.2 Å². The molecule has 7 nitrogen and oxygen atoms in total. The molecule has 39 heavy (non-hydrogen) atoms. The van der Waals surface area contributed by atoms with Crippen LogP contribution in [0.3, 0.4) is 0 Å². The molecule has 0 spiro atoms. The van der Waals surface area contributed by atoms with Gasteiger partial charge in [0, 0.05) is 17.5 Å². The fourth-order valence-corrected chi connectivity index (χ4v) is 5.28. The lowest BCUT2D eigenvalue weighted by Gasteiger charge is -2.34. The standard InChI is InChI=1S/C30H29FIN5O2/c1-30(2,3)21-12-8-20(9-13-21)29(38)36-37-24(17-18-6-5-7-23(16-18)39-4)33-26-25(34-35-27(26)28(37)32)19-10-14-22(31)15-11-19/h5-16,28H,17H2,1-4H3,(H,34,35)(H,36,38). The van der Waals surface area contributed by atoms with Gasteiger partial charge < -0.3 is 4.74 Å². The highest BCUT2D eigenvalue weighted by Crippen LogP contribution is 2.42. The first-order chi connectivity index (χ1) is 18.6. The van der Waals surface area contributed by atoms with Crippen molar-refractivity contribution >= 4 is 40.0 Å². The minimum atomic E-state index is -0.324. The third-order valence-electron chi connectivity index (χ3n) is 6.60. The second-order valence-corrected chi connectivity index (χ2v) is 11.6. The Bertz CT molecular complexity index is 1520. The summed E-state index contributed by atoms with van der Waals surface area (Å²) in [4.78, 5) is 18.4. The molecule has 200 valence electrons. The summed E-state index contributed by atoms with van der Waals surface area (Å²) in [6.07, 6.45) is 0.438. The largest absolute Gasteiger partial charge is 0.497 e. The van der Waals surface area contributed by atoms with E-state index in [0.717, 1.165) is 28.1 Å². The van der Waals surface area contributed by atoms with Crippen LogP contribution in [0, 0.1) is 5.82 Å². The Hall–Kier alpha value is -3.73. The highest BCUT2D eigenvalue weighted by molar-refractivity contribution is 14.1. The number of H-pyrrole nitrogens is 1. The van der Waals surface area contributed by atoms with Gasteiger partial charge in [-0.2, -0.15) is 5.10 Å². The number of carbonyl (C=O) groups is 1. The summed E-state index contributed by atoms with van der Waals surface area (Å²) < 4.78 is 18.7. The van der Waals surface area contributed by atoms with Gasteiger partial charge in [0.25, 0.3) is 5.91 Å².